The Hall–Kier alpha value is -0.110. The van der Waals surface area contributed by atoms with E-state index in [-0.39, 0.29) is 0 Å². The summed E-state index contributed by atoms with van der Waals surface area (Å²) in [6.07, 6.45) is 1.61. The molecule has 1 aliphatic rings. The van der Waals surface area contributed by atoms with Gasteiger partial charge in [0.05, 0.1) is 11.8 Å². The highest BCUT2D eigenvalue weighted by Crippen LogP contribution is 2.14. The van der Waals surface area contributed by atoms with E-state index in [1.165, 1.54) is 11.8 Å². The predicted octanol–water partition coefficient (Wildman–Crippen LogP) is 0.984. The normalized spacial score (nSPS) is 17.0. The van der Waals surface area contributed by atoms with Gasteiger partial charge in [-0.1, -0.05) is 0 Å². The van der Waals surface area contributed by atoms with E-state index < -0.39 is 0 Å². The molecule has 0 bridgehead atoms. The third-order valence-electron chi connectivity index (χ3n) is 0.369. The van der Waals surface area contributed by atoms with Gasteiger partial charge in [0, 0.05) is 4.24 Å². The monoisotopic (exact) mass is 115 g/mol. The molecule has 0 aromatic rings. The molecule has 1 rings (SSSR count). The van der Waals surface area contributed by atoms with Gasteiger partial charge in [-0.3, -0.25) is 0 Å². The predicted molar refractivity (Wildman–Crippen MR) is 30.5 cm³/mol. The van der Waals surface area contributed by atoms with Crippen molar-refractivity contribution in [3.8, 4) is 0 Å². The first-order valence-electron chi connectivity index (χ1n) is 1.38. The lowest BCUT2D eigenvalue weighted by Crippen LogP contribution is -1.53. The van der Waals surface area contributed by atoms with Crippen LogP contribution in [-0.2, 0) is 12.6 Å². The Morgan fingerprint density at radius 2 is 2.83 bits per heavy atom. The van der Waals surface area contributed by atoms with Crippen LogP contribution in [0, 0.1) is 0 Å². The summed E-state index contributed by atoms with van der Waals surface area (Å²) in [6, 6.07) is 0. The SMILES string of the molecule is [S-]C1=CN=[C+]S1. The van der Waals surface area contributed by atoms with Crippen molar-refractivity contribution in [2.45, 2.75) is 0 Å². The second kappa shape index (κ2) is 1.56. The Morgan fingerprint density at radius 1 is 2.00 bits per heavy atom. The summed E-state index contributed by atoms with van der Waals surface area (Å²) >= 11 is 6.03. The molecule has 3 heteroatoms. The van der Waals surface area contributed by atoms with Crippen LogP contribution in [0.5, 0.6) is 0 Å². The fourth-order valence-electron chi connectivity index (χ4n) is 0.177. The first-order chi connectivity index (χ1) is 2.89. The number of rotatable bonds is 0. The molecule has 0 atom stereocenters. The molecule has 0 N–H and O–H groups in total. The molecule has 0 fully saturated rings. The summed E-state index contributed by atoms with van der Waals surface area (Å²) in [5.74, 6) is 0. The lowest BCUT2D eigenvalue weighted by molar-refractivity contribution is 1.64. The van der Waals surface area contributed by atoms with Crippen molar-refractivity contribution in [1.82, 2.24) is 0 Å². The zero-order chi connectivity index (χ0) is 4.41. The van der Waals surface area contributed by atoms with Crippen LogP contribution in [0.25, 0.3) is 0 Å². The molecule has 0 aliphatic carbocycles. The molecule has 6 heavy (non-hydrogen) atoms. The molecule has 30 valence electrons. The maximum atomic E-state index is 4.67. The van der Waals surface area contributed by atoms with Crippen LogP contribution in [0.4, 0.5) is 0 Å². The zero-order valence-corrected chi connectivity index (χ0v) is 4.47. The Labute approximate surface area is 45.9 Å². The molecule has 0 saturated carbocycles. The summed E-state index contributed by atoms with van der Waals surface area (Å²) in [6.45, 7) is 0. The minimum Gasteiger partial charge on any atom is -0.747 e. The standard InChI is InChI=1S/C3HNS2/c5-3-1-4-2-6-3/h1H. The third-order valence-corrected chi connectivity index (χ3v) is 1.23. The summed E-state index contributed by atoms with van der Waals surface area (Å²) in [5.41, 5.74) is 2.62. The molecular weight excluding hydrogens is 114 g/mol. The van der Waals surface area contributed by atoms with Crippen molar-refractivity contribution in [2.75, 3.05) is 0 Å². The van der Waals surface area contributed by atoms with Crippen molar-refractivity contribution in [2.24, 2.45) is 4.99 Å². The lowest BCUT2D eigenvalue weighted by atomic mass is 11.0. The van der Waals surface area contributed by atoms with Crippen molar-refractivity contribution in [1.29, 1.82) is 0 Å². The maximum Gasteiger partial charge on any atom is 0.269 e. The number of hydrogen-bond donors (Lipinski definition) is 0. The zero-order valence-electron chi connectivity index (χ0n) is 2.84. The van der Waals surface area contributed by atoms with E-state index in [1.54, 1.807) is 6.20 Å². The van der Waals surface area contributed by atoms with Gasteiger partial charge in [-0.15, -0.1) is 0 Å². The highest BCUT2D eigenvalue weighted by atomic mass is 32.2. The molecule has 0 unspecified atom stereocenters. The third kappa shape index (κ3) is 0.684. The van der Waals surface area contributed by atoms with Crippen LogP contribution in [0.3, 0.4) is 0 Å². The fourth-order valence-corrected chi connectivity index (χ4v) is 0.642. The quantitative estimate of drug-likeness (QED) is 0.345. The molecule has 0 spiro atoms. The van der Waals surface area contributed by atoms with Crippen molar-refractivity contribution in [3.05, 3.63) is 10.4 Å². The highest BCUT2D eigenvalue weighted by Gasteiger charge is 1.96. The van der Waals surface area contributed by atoms with Gasteiger partial charge >= 0.3 is 0 Å². The molecule has 0 amide bonds. The van der Waals surface area contributed by atoms with Gasteiger partial charge in [0.2, 0.25) is 0 Å². The molecule has 0 radical (unpaired) electrons. The second-order valence-electron chi connectivity index (χ2n) is 0.771. The van der Waals surface area contributed by atoms with Crippen LogP contribution in [0.2, 0.25) is 0 Å². The van der Waals surface area contributed by atoms with Gasteiger partial charge in [0.1, 0.15) is 0 Å². The minimum atomic E-state index is 0.801. The van der Waals surface area contributed by atoms with Gasteiger partial charge in [0.25, 0.3) is 5.55 Å². The Kier molecular flexibility index (Phi) is 1.05. The maximum absolute atomic E-state index is 4.67. The van der Waals surface area contributed by atoms with Crippen LogP contribution in [0.15, 0.2) is 15.4 Å². The minimum absolute atomic E-state index is 0.801. The fraction of sp³-hybridized carbons (Fsp3) is 0. The molecular formula is C3HNS2. The largest absolute Gasteiger partial charge is 0.747 e. The molecule has 0 aromatic carbocycles. The first-order valence-corrected chi connectivity index (χ1v) is 2.61. The smallest absolute Gasteiger partial charge is 0.269 e. The van der Waals surface area contributed by atoms with E-state index >= 15 is 0 Å². The van der Waals surface area contributed by atoms with Crippen molar-refractivity contribution < 1.29 is 0 Å². The average molecular weight is 115 g/mol. The molecule has 1 heterocycles. The van der Waals surface area contributed by atoms with Gasteiger partial charge in [-0.05, 0) is 4.99 Å². The lowest BCUT2D eigenvalue weighted by Gasteiger charge is -1.85. The van der Waals surface area contributed by atoms with Gasteiger partial charge in [-0.2, -0.15) is 0 Å². The van der Waals surface area contributed by atoms with Crippen LogP contribution < -0.4 is 0 Å². The topological polar surface area (TPSA) is 12.4 Å². The van der Waals surface area contributed by atoms with E-state index in [0.717, 1.165) is 4.24 Å². The highest BCUT2D eigenvalue weighted by molar-refractivity contribution is 8.21. The van der Waals surface area contributed by atoms with Gasteiger partial charge in [0.15, 0.2) is 6.20 Å². The molecule has 0 saturated heterocycles. The average Bonchev–Trinajstić information content (AvgIpc) is 1.86. The Bertz CT molecular complexity index is 105. The summed E-state index contributed by atoms with van der Waals surface area (Å²) in [7, 11) is 0. The Morgan fingerprint density at radius 3 is 3.00 bits per heavy atom. The van der Waals surface area contributed by atoms with Gasteiger partial charge < -0.3 is 12.6 Å². The van der Waals surface area contributed by atoms with E-state index in [0.29, 0.717) is 0 Å². The van der Waals surface area contributed by atoms with E-state index in [1.807, 2.05) is 0 Å². The van der Waals surface area contributed by atoms with Crippen molar-refractivity contribution >= 4 is 29.9 Å². The number of hydrogen-bond acceptors (Lipinski definition) is 3. The summed E-state index contributed by atoms with van der Waals surface area (Å²) in [4.78, 5) is 3.61. The van der Waals surface area contributed by atoms with Crippen molar-refractivity contribution in [3.63, 3.8) is 0 Å². The number of thioether (sulfide) groups is 1. The number of aliphatic imine (C=N–C) groups is 1. The number of nitrogens with zero attached hydrogens (tertiary/aromatic N) is 1. The van der Waals surface area contributed by atoms with Crippen LogP contribution in [0.1, 0.15) is 0 Å². The van der Waals surface area contributed by atoms with E-state index in [4.69, 9.17) is 0 Å². The second-order valence-corrected chi connectivity index (χ2v) is 2.30. The summed E-state index contributed by atoms with van der Waals surface area (Å²) < 4.78 is 0.801. The Balaban J connectivity index is 2.61. The molecule has 0 aromatic heterocycles. The van der Waals surface area contributed by atoms with Crippen LogP contribution >= 0.6 is 11.8 Å². The van der Waals surface area contributed by atoms with E-state index in [9.17, 15) is 0 Å². The molecule has 1 aliphatic heterocycles. The molecule has 1 nitrogen and oxygen atoms in total. The first kappa shape index (κ1) is 4.06. The van der Waals surface area contributed by atoms with E-state index in [2.05, 4.69) is 23.2 Å². The van der Waals surface area contributed by atoms with Crippen LogP contribution in [-0.4, -0.2) is 5.55 Å². The van der Waals surface area contributed by atoms with Gasteiger partial charge in [-0.25, -0.2) is 0 Å². The summed E-state index contributed by atoms with van der Waals surface area (Å²) in [5, 5.41) is 0.